The summed E-state index contributed by atoms with van der Waals surface area (Å²) in [4.78, 5) is 18.5. The van der Waals surface area contributed by atoms with Crippen molar-refractivity contribution >= 4 is 5.78 Å². The first kappa shape index (κ1) is 9.36. The molecule has 1 N–H and O–H groups in total. The van der Waals surface area contributed by atoms with Crippen molar-refractivity contribution in [2.45, 2.75) is 12.5 Å². The number of rotatable bonds is 3. The zero-order valence-corrected chi connectivity index (χ0v) is 7.73. The van der Waals surface area contributed by atoms with E-state index in [1.165, 1.54) is 0 Å². The van der Waals surface area contributed by atoms with Crippen LogP contribution in [-0.4, -0.2) is 41.7 Å². The molecular weight excluding hydrogens is 184 g/mol. The first-order chi connectivity index (χ1) is 6.86. The van der Waals surface area contributed by atoms with Crippen LogP contribution in [0.2, 0.25) is 0 Å². The zero-order valence-electron chi connectivity index (χ0n) is 7.73. The highest BCUT2D eigenvalue weighted by atomic mass is 16.6. The van der Waals surface area contributed by atoms with Gasteiger partial charge in [-0.1, -0.05) is 0 Å². The predicted molar refractivity (Wildman–Crippen MR) is 47.9 cm³/mol. The molecule has 1 atom stereocenters. The van der Waals surface area contributed by atoms with Crippen molar-refractivity contribution in [3.05, 3.63) is 18.2 Å². The smallest absolute Gasteiger partial charge is 0.171 e. The van der Waals surface area contributed by atoms with Crippen molar-refractivity contribution in [2.75, 3.05) is 19.8 Å². The fourth-order valence-electron chi connectivity index (χ4n) is 1.35. The molecule has 0 saturated carbocycles. The number of carbonyl (C=O) groups is 1. The number of hydrogen-bond donors (Lipinski definition) is 1. The van der Waals surface area contributed by atoms with E-state index < -0.39 is 6.10 Å². The van der Waals surface area contributed by atoms with E-state index in [0.29, 0.717) is 25.6 Å². The topological polar surface area (TPSA) is 64.2 Å². The Hall–Kier alpha value is -1.20. The summed E-state index contributed by atoms with van der Waals surface area (Å²) < 4.78 is 10.4. The normalized spacial score (nSPS) is 22.1. The van der Waals surface area contributed by atoms with Gasteiger partial charge in [0, 0.05) is 12.4 Å². The molecule has 1 aliphatic heterocycles. The molecule has 0 aromatic carbocycles. The molecule has 5 nitrogen and oxygen atoms in total. The number of ether oxygens (including phenoxy) is 2. The van der Waals surface area contributed by atoms with Gasteiger partial charge in [0.05, 0.1) is 26.2 Å². The first-order valence-electron chi connectivity index (χ1n) is 4.56. The van der Waals surface area contributed by atoms with Gasteiger partial charge in [-0.2, -0.15) is 0 Å². The Kier molecular flexibility index (Phi) is 2.90. The maximum absolute atomic E-state index is 11.6. The van der Waals surface area contributed by atoms with Gasteiger partial charge < -0.3 is 14.5 Å². The van der Waals surface area contributed by atoms with Crippen molar-refractivity contribution in [3.63, 3.8) is 0 Å². The standard InChI is InChI=1S/C9H12N2O3/c12-7(5-9-10-1-2-11-9)8-6-13-3-4-14-8/h1-2,8H,3-6H2,(H,10,11). The van der Waals surface area contributed by atoms with Crippen LogP contribution in [0, 0.1) is 0 Å². The van der Waals surface area contributed by atoms with Gasteiger partial charge in [-0.05, 0) is 0 Å². The molecule has 0 bridgehead atoms. The highest BCUT2D eigenvalue weighted by Crippen LogP contribution is 2.04. The zero-order chi connectivity index (χ0) is 9.80. The maximum atomic E-state index is 11.6. The molecule has 76 valence electrons. The summed E-state index contributed by atoms with van der Waals surface area (Å²) in [5.74, 6) is 0.684. The number of aromatic amines is 1. The van der Waals surface area contributed by atoms with E-state index >= 15 is 0 Å². The number of H-pyrrole nitrogens is 1. The summed E-state index contributed by atoms with van der Waals surface area (Å²) in [6.45, 7) is 1.43. The van der Waals surface area contributed by atoms with Crippen LogP contribution in [0.4, 0.5) is 0 Å². The first-order valence-corrected chi connectivity index (χ1v) is 4.56. The Morgan fingerprint density at radius 3 is 3.21 bits per heavy atom. The van der Waals surface area contributed by atoms with E-state index in [1.807, 2.05) is 0 Å². The molecular formula is C9H12N2O3. The van der Waals surface area contributed by atoms with E-state index in [4.69, 9.17) is 9.47 Å². The number of carbonyl (C=O) groups excluding carboxylic acids is 1. The summed E-state index contributed by atoms with van der Waals surface area (Å²) in [6, 6.07) is 0. The van der Waals surface area contributed by atoms with E-state index in [0.717, 1.165) is 0 Å². The van der Waals surface area contributed by atoms with Gasteiger partial charge in [0.25, 0.3) is 0 Å². The number of hydrogen-bond acceptors (Lipinski definition) is 4. The lowest BCUT2D eigenvalue weighted by atomic mass is 10.1. The molecule has 5 heteroatoms. The van der Waals surface area contributed by atoms with Gasteiger partial charge in [0.1, 0.15) is 11.9 Å². The van der Waals surface area contributed by atoms with Crippen LogP contribution in [0.1, 0.15) is 5.82 Å². The summed E-state index contributed by atoms with van der Waals surface area (Å²) in [5.41, 5.74) is 0. The Morgan fingerprint density at radius 1 is 1.64 bits per heavy atom. The van der Waals surface area contributed by atoms with Crippen molar-refractivity contribution < 1.29 is 14.3 Å². The Labute approximate surface area is 81.4 Å². The number of nitrogens with zero attached hydrogens (tertiary/aromatic N) is 1. The minimum Gasteiger partial charge on any atom is -0.376 e. The van der Waals surface area contributed by atoms with Crippen LogP contribution in [-0.2, 0) is 20.7 Å². The van der Waals surface area contributed by atoms with E-state index in [1.54, 1.807) is 12.4 Å². The average molecular weight is 196 g/mol. The third-order valence-electron chi connectivity index (χ3n) is 2.07. The largest absolute Gasteiger partial charge is 0.376 e. The lowest BCUT2D eigenvalue weighted by Gasteiger charge is -2.21. The van der Waals surface area contributed by atoms with Gasteiger partial charge in [0.15, 0.2) is 5.78 Å². The quantitative estimate of drug-likeness (QED) is 0.735. The highest BCUT2D eigenvalue weighted by Gasteiger charge is 2.22. The van der Waals surface area contributed by atoms with Crippen LogP contribution in [0.3, 0.4) is 0 Å². The lowest BCUT2D eigenvalue weighted by Crippen LogP contribution is -2.36. The molecule has 1 unspecified atom stereocenters. The van der Waals surface area contributed by atoms with Gasteiger partial charge in [-0.15, -0.1) is 0 Å². The molecule has 1 aliphatic rings. The van der Waals surface area contributed by atoms with E-state index in [9.17, 15) is 4.79 Å². The molecule has 14 heavy (non-hydrogen) atoms. The monoisotopic (exact) mass is 196 g/mol. The number of nitrogens with one attached hydrogen (secondary N) is 1. The Balaban J connectivity index is 1.88. The van der Waals surface area contributed by atoms with Gasteiger partial charge in [0.2, 0.25) is 0 Å². The number of aromatic nitrogens is 2. The van der Waals surface area contributed by atoms with Crippen LogP contribution in [0.5, 0.6) is 0 Å². The third kappa shape index (κ3) is 2.18. The molecule has 0 aliphatic carbocycles. The molecule has 1 fully saturated rings. The summed E-state index contributed by atoms with van der Waals surface area (Å²) in [6.07, 6.45) is 3.18. The van der Waals surface area contributed by atoms with E-state index in [-0.39, 0.29) is 12.2 Å². The molecule has 0 amide bonds. The molecule has 2 heterocycles. The van der Waals surface area contributed by atoms with Crippen LogP contribution in [0.15, 0.2) is 12.4 Å². The second kappa shape index (κ2) is 4.34. The van der Waals surface area contributed by atoms with Crippen molar-refractivity contribution in [2.24, 2.45) is 0 Å². The fourth-order valence-corrected chi connectivity index (χ4v) is 1.35. The molecule has 2 rings (SSSR count). The number of ketones is 1. The predicted octanol–water partition coefficient (Wildman–Crippen LogP) is -0.0633. The number of imidazole rings is 1. The molecule has 0 spiro atoms. The SMILES string of the molecule is O=C(Cc1ncc[nH]1)C1COCCO1. The fraction of sp³-hybridized carbons (Fsp3) is 0.556. The van der Waals surface area contributed by atoms with Crippen molar-refractivity contribution in [1.82, 2.24) is 9.97 Å². The van der Waals surface area contributed by atoms with Crippen molar-refractivity contribution in [1.29, 1.82) is 0 Å². The van der Waals surface area contributed by atoms with Gasteiger partial charge in [-0.25, -0.2) is 4.98 Å². The van der Waals surface area contributed by atoms with Crippen LogP contribution >= 0.6 is 0 Å². The van der Waals surface area contributed by atoms with Crippen LogP contribution < -0.4 is 0 Å². The maximum Gasteiger partial charge on any atom is 0.171 e. The minimum absolute atomic E-state index is 0.0136. The van der Waals surface area contributed by atoms with Gasteiger partial charge in [-0.3, -0.25) is 4.79 Å². The second-order valence-electron chi connectivity index (χ2n) is 3.11. The summed E-state index contributed by atoms with van der Waals surface area (Å²) in [5, 5.41) is 0. The Morgan fingerprint density at radius 2 is 2.57 bits per heavy atom. The molecule has 1 aromatic rings. The minimum atomic E-state index is -0.422. The van der Waals surface area contributed by atoms with Crippen molar-refractivity contribution in [3.8, 4) is 0 Å². The Bertz CT molecular complexity index is 291. The highest BCUT2D eigenvalue weighted by molar-refractivity contribution is 5.84. The summed E-state index contributed by atoms with van der Waals surface area (Å²) >= 11 is 0. The second-order valence-corrected chi connectivity index (χ2v) is 3.11. The van der Waals surface area contributed by atoms with Gasteiger partial charge >= 0.3 is 0 Å². The molecule has 1 aromatic heterocycles. The summed E-state index contributed by atoms with van der Waals surface area (Å²) in [7, 11) is 0. The van der Waals surface area contributed by atoms with E-state index in [2.05, 4.69) is 9.97 Å². The molecule has 0 radical (unpaired) electrons. The lowest BCUT2D eigenvalue weighted by molar-refractivity contribution is -0.144. The molecule has 1 saturated heterocycles. The average Bonchev–Trinajstić information content (AvgIpc) is 2.72. The van der Waals surface area contributed by atoms with Crippen LogP contribution in [0.25, 0.3) is 0 Å². The third-order valence-corrected chi connectivity index (χ3v) is 2.07. The number of Topliss-reactive ketones (excluding diaryl/α,β-unsaturated/α-hetero) is 1.